The molecule has 0 aliphatic carbocycles. The van der Waals surface area contributed by atoms with Crippen molar-refractivity contribution in [1.29, 1.82) is 0 Å². The van der Waals surface area contributed by atoms with Crippen molar-refractivity contribution in [3.05, 3.63) is 0 Å². The number of carbonyl (C=O) groups excluding carboxylic acids is 2. The maximum atomic E-state index is 10.0. The summed E-state index contributed by atoms with van der Waals surface area (Å²) in [4.78, 5) is 39.5. The number of carboxylic acids is 2. The number of hydrogen-bond donors (Lipinski definition) is 7. The lowest BCUT2D eigenvalue weighted by atomic mass is 10.2. The van der Waals surface area contributed by atoms with E-state index in [4.69, 9.17) is 38.3 Å². The third-order valence-electron chi connectivity index (χ3n) is 2.26. The van der Waals surface area contributed by atoms with Gasteiger partial charge >= 0.3 is 11.9 Å². The van der Waals surface area contributed by atoms with Crippen molar-refractivity contribution in [1.82, 2.24) is 0 Å². The van der Waals surface area contributed by atoms with Crippen molar-refractivity contribution >= 4 is 23.8 Å². The van der Waals surface area contributed by atoms with Crippen molar-refractivity contribution < 1.29 is 34.5 Å². The quantitative estimate of drug-likeness (QED) is 0.256. The molecule has 0 fully saturated rings. The van der Waals surface area contributed by atoms with Gasteiger partial charge in [-0.05, 0) is 12.8 Å². The molecule has 0 heterocycles. The molecule has 0 saturated heterocycles. The number of amides is 2. The molecule has 0 spiro atoms. The van der Waals surface area contributed by atoms with E-state index in [1.807, 2.05) is 13.8 Å². The van der Waals surface area contributed by atoms with E-state index in [-0.39, 0.29) is 0 Å². The van der Waals surface area contributed by atoms with Crippen LogP contribution in [-0.4, -0.2) is 57.3 Å². The summed E-state index contributed by atoms with van der Waals surface area (Å²) in [6, 6.07) is -0.917. The van der Waals surface area contributed by atoms with Gasteiger partial charge in [-0.3, -0.25) is 14.4 Å². The number of aliphatic hydroxyl groups excluding tert-OH is 1. The van der Waals surface area contributed by atoms with Gasteiger partial charge in [-0.25, -0.2) is 4.79 Å². The molecule has 0 aliphatic heterocycles. The number of nitrogens with two attached hydrogens (primary N) is 4. The van der Waals surface area contributed by atoms with E-state index in [0.29, 0.717) is 12.8 Å². The number of aliphatic hydroxyl groups is 1. The standard InChI is InChI=1S/2C4H10N2O.C4H6O5/c2*1-2-3(5)4(6)7;5-2(4(8)9)1-3(6)7/h2*3H,2,5H2,1H3,(H2,6,7);2,5H,1H2,(H,6,7)(H,8,9)/t2*3-;/m00./s1. The van der Waals surface area contributed by atoms with Crippen molar-refractivity contribution in [2.24, 2.45) is 22.9 Å². The van der Waals surface area contributed by atoms with Crippen molar-refractivity contribution in [3.8, 4) is 0 Å². The normalized spacial score (nSPS) is 13.1. The Kier molecular flexibility index (Phi) is 16.4. The minimum absolute atomic E-state index is 0.428. The van der Waals surface area contributed by atoms with Gasteiger partial charge in [-0.15, -0.1) is 0 Å². The summed E-state index contributed by atoms with van der Waals surface area (Å²) in [7, 11) is 0. The van der Waals surface area contributed by atoms with E-state index in [0.717, 1.165) is 0 Å². The fourth-order valence-corrected chi connectivity index (χ4v) is 0.655. The molecule has 0 bridgehead atoms. The zero-order chi connectivity index (χ0) is 19.2. The number of aliphatic carboxylic acids is 2. The van der Waals surface area contributed by atoms with Crippen LogP contribution in [0, 0.1) is 0 Å². The summed E-state index contributed by atoms with van der Waals surface area (Å²) in [6.45, 7) is 3.63. The lowest BCUT2D eigenvalue weighted by molar-refractivity contribution is -0.152. The van der Waals surface area contributed by atoms with E-state index < -0.39 is 48.4 Å². The average Bonchev–Trinajstić information content (AvgIpc) is 2.45. The molecule has 0 aromatic carbocycles. The molecular weight excluding hydrogens is 312 g/mol. The fraction of sp³-hybridized carbons (Fsp3) is 0.667. The highest BCUT2D eigenvalue weighted by Gasteiger charge is 2.16. The predicted octanol–water partition coefficient (Wildman–Crippen LogP) is -2.68. The van der Waals surface area contributed by atoms with E-state index in [1.54, 1.807) is 0 Å². The second-order valence-corrected chi connectivity index (χ2v) is 4.29. The molecule has 0 aromatic heterocycles. The van der Waals surface area contributed by atoms with Gasteiger partial charge in [0.25, 0.3) is 0 Å². The Balaban J connectivity index is -0.000000264. The molecule has 0 radical (unpaired) electrons. The van der Waals surface area contributed by atoms with Crippen molar-refractivity contribution in [2.75, 3.05) is 0 Å². The minimum atomic E-state index is -1.79. The molecule has 2 amide bonds. The Morgan fingerprint density at radius 2 is 1.17 bits per heavy atom. The smallest absolute Gasteiger partial charge is 0.333 e. The number of carboxylic acid groups (broad SMARTS) is 2. The first-order valence-electron chi connectivity index (χ1n) is 6.62. The topological polar surface area (TPSA) is 233 Å². The van der Waals surface area contributed by atoms with Crippen LogP contribution < -0.4 is 22.9 Å². The van der Waals surface area contributed by atoms with Crippen LogP contribution in [-0.2, 0) is 19.2 Å². The summed E-state index contributed by atoms with van der Waals surface area (Å²) >= 11 is 0. The second-order valence-electron chi connectivity index (χ2n) is 4.29. The van der Waals surface area contributed by atoms with Gasteiger partial charge in [0.05, 0.1) is 18.5 Å². The van der Waals surface area contributed by atoms with Crippen LogP contribution in [0.25, 0.3) is 0 Å². The molecule has 11 nitrogen and oxygen atoms in total. The first-order valence-corrected chi connectivity index (χ1v) is 6.62. The SMILES string of the molecule is CC[C@H](N)C(N)=O.CC[C@H](N)C(N)=O.O=C(O)CC(O)C(=O)O. The van der Waals surface area contributed by atoms with Crippen molar-refractivity contribution in [2.45, 2.75) is 51.3 Å². The number of carbonyl (C=O) groups is 4. The Hall–Kier alpha value is -2.24. The number of primary amides is 2. The predicted molar refractivity (Wildman–Crippen MR) is 80.8 cm³/mol. The largest absolute Gasteiger partial charge is 0.481 e. The minimum Gasteiger partial charge on any atom is -0.481 e. The molecule has 23 heavy (non-hydrogen) atoms. The van der Waals surface area contributed by atoms with E-state index >= 15 is 0 Å². The average molecular weight is 338 g/mol. The van der Waals surface area contributed by atoms with Gasteiger partial charge < -0.3 is 38.3 Å². The summed E-state index contributed by atoms with van der Waals surface area (Å²) in [6.07, 6.45) is -1.30. The number of hydrogen-bond acceptors (Lipinski definition) is 7. The molecule has 11 heteroatoms. The Morgan fingerprint density at radius 3 is 1.22 bits per heavy atom. The van der Waals surface area contributed by atoms with E-state index in [9.17, 15) is 19.2 Å². The lowest BCUT2D eigenvalue weighted by Crippen LogP contribution is -2.35. The van der Waals surface area contributed by atoms with Gasteiger partial charge in [-0.1, -0.05) is 13.8 Å². The third-order valence-corrected chi connectivity index (χ3v) is 2.26. The first-order chi connectivity index (χ1) is 10.4. The summed E-state index contributed by atoms with van der Waals surface area (Å²) in [5.41, 5.74) is 19.8. The third kappa shape index (κ3) is 19.8. The highest BCUT2D eigenvalue weighted by Crippen LogP contribution is 1.89. The molecule has 11 N–H and O–H groups in total. The van der Waals surface area contributed by atoms with Gasteiger partial charge in [0.2, 0.25) is 11.8 Å². The van der Waals surface area contributed by atoms with Crippen LogP contribution in [0.4, 0.5) is 0 Å². The molecule has 0 aromatic rings. The Labute approximate surface area is 133 Å². The molecular formula is C12H26N4O7. The zero-order valence-electron chi connectivity index (χ0n) is 13.1. The summed E-state index contributed by atoms with van der Waals surface area (Å²) in [5, 5.41) is 24.1. The van der Waals surface area contributed by atoms with Crippen molar-refractivity contribution in [3.63, 3.8) is 0 Å². The van der Waals surface area contributed by atoms with Crippen LogP contribution in [0.1, 0.15) is 33.1 Å². The Morgan fingerprint density at radius 1 is 0.870 bits per heavy atom. The molecule has 0 rings (SSSR count). The first kappa shape index (κ1) is 25.7. The van der Waals surface area contributed by atoms with Gasteiger partial charge in [0.15, 0.2) is 6.10 Å². The molecule has 3 atom stereocenters. The molecule has 1 unspecified atom stereocenters. The van der Waals surface area contributed by atoms with Gasteiger partial charge in [0.1, 0.15) is 0 Å². The fourth-order valence-electron chi connectivity index (χ4n) is 0.655. The Bertz CT molecular complexity index is 370. The highest BCUT2D eigenvalue weighted by atomic mass is 16.4. The van der Waals surface area contributed by atoms with Crippen LogP contribution in [0.2, 0.25) is 0 Å². The molecule has 136 valence electrons. The maximum Gasteiger partial charge on any atom is 0.333 e. The molecule has 0 saturated carbocycles. The van der Waals surface area contributed by atoms with Crippen LogP contribution in [0.5, 0.6) is 0 Å². The van der Waals surface area contributed by atoms with Crippen LogP contribution in [0.15, 0.2) is 0 Å². The summed E-state index contributed by atoms with van der Waals surface area (Å²) in [5.74, 6) is -3.70. The van der Waals surface area contributed by atoms with E-state index in [1.165, 1.54) is 0 Å². The monoisotopic (exact) mass is 338 g/mol. The van der Waals surface area contributed by atoms with Gasteiger partial charge in [0, 0.05) is 0 Å². The van der Waals surface area contributed by atoms with Crippen LogP contribution in [0.3, 0.4) is 0 Å². The van der Waals surface area contributed by atoms with Crippen LogP contribution >= 0.6 is 0 Å². The second kappa shape index (κ2) is 14.7. The molecule has 0 aliphatic rings. The van der Waals surface area contributed by atoms with E-state index in [2.05, 4.69) is 0 Å². The highest BCUT2D eigenvalue weighted by molar-refractivity contribution is 5.80. The summed E-state index contributed by atoms with van der Waals surface area (Å²) < 4.78 is 0. The van der Waals surface area contributed by atoms with Gasteiger partial charge in [-0.2, -0.15) is 0 Å². The lowest BCUT2D eigenvalue weighted by Gasteiger charge is -1.98. The zero-order valence-corrected chi connectivity index (χ0v) is 13.1. The number of rotatable bonds is 7. The maximum absolute atomic E-state index is 10.0.